The van der Waals surface area contributed by atoms with Gasteiger partial charge in [-0.3, -0.25) is 19.9 Å². The van der Waals surface area contributed by atoms with Gasteiger partial charge in [-0.1, -0.05) is 47.5 Å². The molecule has 0 radical (unpaired) electrons. The van der Waals surface area contributed by atoms with Gasteiger partial charge in [-0.2, -0.15) is 10.2 Å². The number of carbonyl (C=O) groups excluding carboxylic acids is 3. The Morgan fingerprint density at radius 1 is 1.00 bits per heavy atom. The van der Waals surface area contributed by atoms with Gasteiger partial charge in [0.2, 0.25) is 11.8 Å². The molecule has 1 heterocycles. The summed E-state index contributed by atoms with van der Waals surface area (Å²) in [4.78, 5) is 36.5. The van der Waals surface area contributed by atoms with Crippen LogP contribution < -0.4 is 26.8 Å². The van der Waals surface area contributed by atoms with Crippen molar-refractivity contribution in [3.8, 4) is 11.1 Å². The summed E-state index contributed by atoms with van der Waals surface area (Å²) in [7, 11) is 1.27. The molecule has 48 heavy (non-hydrogen) atoms. The minimum atomic E-state index is -0.659. The summed E-state index contributed by atoms with van der Waals surface area (Å²) in [6.45, 7) is 4.72. The Hall–Kier alpha value is -5.63. The number of hydrogen-bond donors (Lipinski definition) is 4. The first-order valence-corrected chi connectivity index (χ1v) is 15.0. The maximum Gasteiger partial charge on any atom is 0.411 e. The molecular formula is C33H31Cl2N9O4. The summed E-state index contributed by atoms with van der Waals surface area (Å²) < 4.78 is 4.64. The zero-order chi connectivity index (χ0) is 34.6. The predicted molar refractivity (Wildman–Crippen MR) is 189 cm³/mol. The Labute approximate surface area is 286 Å². The Kier molecular flexibility index (Phi) is 12.3. The van der Waals surface area contributed by atoms with Crippen LogP contribution in [0.2, 0.25) is 10.2 Å². The smallest absolute Gasteiger partial charge is 0.411 e. The van der Waals surface area contributed by atoms with Gasteiger partial charge in [0.05, 0.1) is 24.5 Å². The van der Waals surface area contributed by atoms with Gasteiger partial charge in [-0.25, -0.2) is 10.6 Å². The molecule has 3 amide bonds. The van der Waals surface area contributed by atoms with Gasteiger partial charge in [-0.15, -0.1) is 10.2 Å². The molecule has 0 saturated heterocycles. The number of amides is 3. The molecule has 3 aromatic carbocycles. The minimum Gasteiger partial charge on any atom is -0.453 e. The number of nitrogens with two attached hydrogens (primary N) is 1. The van der Waals surface area contributed by atoms with Gasteiger partial charge in [0.1, 0.15) is 6.34 Å². The Balaban J connectivity index is 1.65. The third-order valence-electron chi connectivity index (χ3n) is 6.72. The molecule has 15 heteroatoms. The van der Waals surface area contributed by atoms with E-state index in [1.54, 1.807) is 66.7 Å². The van der Waals surface area contributed by atoms with E-state index in [4.69, 9.17) is 29.0 Å². The number of anilines is 3. The van der Waals surface area contributed by atoms with Crippen LogP contribution in [0.4, 0.5) is 21.9 Å². The Morgan fingerprint density at radius 3 is 2.35 bits per heavy atom. The maximum atomic E-state index is 13.4. The van der Waals surface area contributed by atoms with Gasteiger partial charge in [0.25, 0.3) is 0 Å². The van der Waals surface area contributed by atoms with Gasteiger partial charge in [-0.05, 0) is 72.2 Å². The number of rotatable bonds is 12. The van der Waals surface area contributed by atoms with E-state index in [1.165, 1.54) is 31.5 Å². The highest BCUT2D eigenvalue weighted by molar-refractivity contribution is 6.32. The van der Waals surface area contributed by atoms with Crippen LogP contribution in [0.25, 0.3) is 17.2 Å². The number of nitrogens with one attached hydrogen (secondary N) is 3. The van der Waals surface area contributed by atoms with Crippen molar-refractivity contribution >= 4 is 77.3 Å². The van der Waals surface area contributed by atoms with E-state index in [2.05, 4.69) is 47.8 Å². The molecule has 246 valence electrons. The van der Waals surface area contributed by atoms with Crippen LogP contribution in [0.5, 0.6) is 0 Å². The number of methoxy groups -OCH3 is 1. The molecular weight excluding hydrogens is 657 g/mol. The quantitative estimate of drug-likeness (QED) is 0.0459. The van der Waals surface area contributed by atoms with Crippen LogP contribution in [-0.4, -0.2) is 48.3 Å². The van der Waals surface area contributed by atoms with Crippen LogP contribution in [0, 0.1) is 0 Å². The number of benzene rings is 3. The number of nitrogens with zero attached hydrogens (tertiary/aromatic N) is 5. The second-order valence-electron chi connectivity index (χ2n) is 10.1. The van der Waals surface area contributed by atoms with Crippen molar-refractivity contribution in [2.75, 3.05) is 22.8 Å². The highest BCUT2D eigenvalue weighted by atomic mass is 35.5. The van der Waals surface area contributed by atoms with Crippen molar-refractivity contribution in [3.63, 3.8) is 0 Å². The Morgan fingerprint density at radius 2 is 1.69 bits per heavy atom. The van der Waals surface area contributed by atoms with Crippen molar-refractivity contribution in [2.24, 2.45) is 16.0 Å². The fraction of sp³-hybridized carbons (Fsp3) is 0.121. The van der Waals surface area contributed by atoms with Crippen LogP contribution in [-0.2, 0) is 20.7 Å². The second-order valence-corrected chi connectivity index (χ2v) is 10.9. The average Bonchev–Trinajstić information content (AvgIpc) is 3.07. The van der Waals surface area contributed by atoms with Crippen LogP contribution in [0.15, 0.2) is 89.1 Å². The fourth-order valence-electron chi connectivity index (χ4n) is 4.49. The number of halogens is 2. The molecule has 0 bridgehead atoms. The van der Waals surface area contributed by atoms with Crippen LogP contribution in [0.1, 0.15) is 29.8 Å². The molecule has 1 aromatic heterocycles. The van der Waals surface area contributed by atoms with E-state index in [-0.39, 0.29) is 11.1 Å². The van der Waals surface area contributed by atoms with E-state index in [9.17, 15) is 14.4 Å². The molecule has 13 nitrogen and oxygen atoms in total. The lowest BCUT2D eigenvalue weighted by molar-refractivity contribution is -0.117. The standard InChI is InChI=1S/C33H31Cl2N9O4/c1-20(45)39-25-10-4-21(5-11-25)16-28(41-31(46)15-8-23-17-24(34)9-14-30(23)44(36)19-38-37-2)29-18-27(32(35)43-42-29)22-6-12-26(13-7-22)40-33(47)48-3/h4-15,17-19,28H,2,16,36H2,1,3H3,(H,39,45)(H,40,47)(H,41,46)/b15-8+,38-19-/t28-/m0/s1. The lowest BCUT2D eigenvalue weighted by Crippen LogP contribution is -2.30. The lowest BCUT2D eigenvalue weighted by atomic mass is 10.00. The Bertz CT molecular complexity index is 1850. The first-order chi connectivity index (χ1) is 23.1. The molecule has 0 spiro atoms. The van der Waals surface area contributed by atoms with Gasteiger partial charge < -0.3 is 15.4 Å². The van der Waals surface area contributed by atoms with Crippen molar-refractivity contribution < 1.29 is 19.1 Å². The number of ether oxygens (including phenoxy) is 1. The largest absolute Gasteiger partial charge is 0.453 e. The molecule has 4 rings (SSSR count). The number of aromatic nitrogens is 2. The first kappa shape index (κ1) is 35.2. The summed E-state index contributed by atoms with van der Waals surface area (Å²) in [6.07, 6.45) is 3.89. The molecule has 0 aliphatic carbocycles. The summed E-state index contributed by atoms with van der Waals surface area (Å²) in [5.41, 5.74) is 4.75. The molecule has 0 unspecified atom stereocenters. The van der Waals surface area contributed by atoms with Gasteiger partial charge in [0.15, 0.2) is 5.15 Å². The van der Waals surface area contributed by atoms with Gasteiger partial charge >= 0.3 is 6.09 Å². The zero-order valence-corrected chi connectivity index (χ0v) is 27.4. The monoisotopic (exact) mass is 687 g/mol. The maximum absolute atomic E-state index is 13.4. The SMILES string of the molecule is C=N/N=C\N(N)c1ccc(Cl)cc1/C=C/C(=O)N[C@@H](Cc1ccc(NC(C)=O)cc1)c1cc(-c2ccc(NC(=O)OC)cc2)c(Cl)nn1. The predicted octanol–water partition coefficient (Wildman–Crippen LogP) is 6.02. The number of hydrazine groups is 1. The molecule has 1 atom stereocenters. The summed E-state index contributed by atoms with van der Waals surface area (Å²) >= 11 is 12.7. The van der Waals surface area contributed by atoms with E-state index >= 15 is 0 Å². The molecule has 0 aliphatic heterocycles. The van der Waals surface area contributed by atoms with Crippen molar-refractivity contribution in [2.45, 2.75) is 19.4 Å². The van der Waals surface area contributed by atoms with Crippen molar-refractivity contribution in [1.29, 1.82) is 0 Å². The third-order valence-corrected chi connectivity index (χ3v) is 7.24. The summed E-state index contributed by atoms with van der Waals surface area (Å²) in [5.74, 6) is 5.44. The van der Waals surface area contributed by atoms with Crippen molar-refractivity contribution in [3.05, 3.63) is 106 Å². The van der Waals surface area contributed by atoms with Crippen molar-refractivity contribution in [1.82, 2.24) is 15.5 Å². The van der Waals surface area contributed by atoms with E-state index < -0.39 is 18.0 Å². The normalized spacial score (nSPS) is 11.6. The molecule has 4 aromatic rings. The minimum absolute atomic E-state index is 0.145. The number of hydrogen-bond acceptors (Lipinski definition) is 9. The third kappa shape index (κ3) is 9.93. The first-order valence-electron chi connectivity index (χ1n) is 14.2. The van der Waals surface area contributed by atoms with E-state index in [1.807, 2.05) is 12.1 Å². The second kappa shape index (κ2) is 16.8. The molecule has 0 saturated carbocycles. The summed E-state index contributed by atoms with van der Waals surface area (Å²) in [5, 5.41) is 25.7. The molecule has 0 fully saturated rings. The number of carbonyl (C=O) groups is 3. The average molecular weight is 689 g/mol. The molecule has 0 aliphatic rings. The summed E-state index contributed by atoms with van der Waals surface area (Å²) in [6, 6.07) is 20.2. The van der Waals surface area contributed by atoms with E-state index in [0.29, 0.717) is 50.9 Å². The van der Waals surface area contributed by atoms with Crippen LogP contribution in [0.3, 0.4) is 0 Å². The topological polar surface area (TPSA) is 176 Å². The molecule has 5 N–H and O–H groups in total. The van der Waals surface area contributed by atoms with E-state index in [0.717, 1.165) is 5.56 Å². The lowest BCUT2D eigenvalue weighted by Gasteiger charge is -2.19. The van der Waals surface area contributed by atoms with Crippen LogP contribution >= 0.6 is 23.2 Å². The highest BCUT2D eigenvalue weighted by Crippen LogP contribution is 2.30. The fourth-order valence-corrected chi connectivity index (χ4v) is 4.87. The van der Waals surface area contributed by atoms with Gasteiger partial charge in [0, 0.05) is 47.2 Å². The zero-order valence-electron chi connectivity index (χ0n) is 25.9. The highest BCUT2D eigenvalue weighted by Gasteiger charge is 2.20.